The zero-order valence-electron chi connectivity index (χ0n) is 9.46. The highest BCUT2D eigenvalue weighted by Gasteiger charge is 2.07. The maximum absolute atomic E-state index is 13.0. The van der Waals surface area contributed by atoms with Crippen molar-refractivity contribution in [1.82, 2.24) is 4.98 Å². The standard InChI is InChI=1S/C12H15FN2S/c1-3-4-8(2)14-12-15-10-6-5-9(13)7-11(10)16-12/h5-8H,3-4H2,1-2H3,(H,14,15). The predicted molar refractivity (Wildman–Crippen MR) is 67.6 cm³/mol. The lowest BCUT2D eigenvalue weighted by molar-refractivity contribution is 0.630. The lowest BCUT2D eigenvalue weighted by Gasteiger charge is -2.10. The van der Waals surface area contributed by atoms with Crippen LogP contribution in [0, 0.1) is 5.82 Å². The molecule has 0 radical (unpaired) electrons. The van der Waals surface area contributed by atoms with Crippen molar-refractivity contribution in [1.29, 1.82) is 0 Å². The van der Waals surface area contributed by atoms with Crippen LogP contribution >= 0.6 is 11.3 Å². The van der Waals surface area contributed by atoms with Crippen molar-refractivity contribution in [3.8, 4) is 0 Å². The highest BCUT2D eigenvalue weighted by atomic mass is 32.1. The largest absolute Gasteiger partial charge is 0.359 e. The minimum Gasteiger partial charge on any atom is -0.359 e. The Balaban J connectivity index is 2.19. The van der Waals surface area contributed by atoms with E-state index in [1.54, 1.807) is 6.07 Å². The molecular weight excluding hydrogens is 223 g/mol. The quantitative estimate of drug-likeness (QED) is 0.869. The third-order valence-corrected chi connectivity index (χ3v) is 3.39. The first kappa shape index (κ1) is 11.3. The second-order valence-electron chi connectivity index (χ2n) is 3.97. The van der Waals surface area contributed by atoms with E-state index < -0.39 is 0 Å². The molecule has 0 aliphatic heterocycles. The smallest absolute Gasteiger partial charge is 0.184 e. The third-order valence-electron chi connectivity index (χ3n) is 2.44. The van der Waals surface area contributed by atoms with Crippen LogP contribution < -0.4 is 5.32 Å². The van der Waals surface area contributed by atoms with Crippen molar-refractivity contribution in [3.63, 3.8) is 0 Å². The van der Waals surface area contributed by atoms with Gasteiger partial charge in [-0.25, -0.2) is 9.37 Å². The summed E-state index contributed by atoms with van der Waals surface area (Å²) in [5, 5.41) is 4.21. The number of rotatable bonds is 4. The molecule has 0 saturated heterocycles. The van der Waals surface area contributed by atoms with E-state index in [4.69, 9.17) is 0 Å². The molecule has 2 rings (SSSR count). The summed E-state index contributed by atoms with van der Waals surface area (Å²) in [4.78, 5) is 4.42. The predicted octanol–water partition coefficient (Wildman–Crippen LogP) is 4.04. The molecule has 0 aliphatic carbocycles. The molecule has 1 atom stereocenters. The molecule has 4 heteroatoms. The first-order valence-corrected chi connectivity index (χ1v) is 6.33. The monoisotopic (exact) mass is 238 g/mol. The Morgan fingerprint density at radius 3 is 3.06 bits per heavy atom. The molecule has 0 fully saturated rings. The Kier molecular flexibility index (Phi) is 3.39. The number of fused-ring (bicyclic) bond motifs is 1. The molecule has 1 heterocycles. The van der Waals surface area contributed by atoms with Gasteiger partial charge < -0.3 is 5.32 Å². The number of hydrogen-bond acceptors (Lipinski definition) is 3. The molecule has 0 aliphatic rings. The van der Waals surface area contributed by atoms with E-state index in [2.05, 4.69) is 24.1 Å². The number of anilines is 1. The van der Waals surface area contributed by atoms with Gasteiger partial charge in [0.15, 0.2) is 5.13 Å². The summed E-state index contributed by atoms with van der Waals surface area (Å²) >= 11 is 1.50. The van der Waals surface area contributed by atoms with Gasteiger partial charge in [-0.3, -0.25) is 0 Å². The first-order chi connectivity index (χ1) is 7.69. The van der Waals surface area contributed by atoms with Gasteiger partial charge >= 0.3 is 0 Å². The number of hydrogen-bond donors (Lipinski definition) is 1. The minimum absolute atomic E-state index is 0.204. The van der Waals surface area contributed by atoms with E-state index >= 15 is 0 Å². The SMILES string of the molecule is CCCC(C)Nc1nc2ccc(F)cc2s1. The number of halogens is 1. The van der Waals surface area contributed by atoms with Gasteiger partial charge in [0.25, 0.3) is 0 Å². The molecule has 0 spiro atoms. The van der Waals surface area contributed by atoms with Crippen LogP contribution in [0.4, 0.5) is 9.52 Å². The fourth-order valence-corrected chi connectivity index (χ4v) is 2.68. The van der Waals surface area contributed by atoms with E-state index in [9.17, 15) is 4.39 Å². The Morgan fingerprint density at radius 2 is 2.31 bits per heavy atom. The van der Waals surface area contributed by atoms with Crippen LogP contribution in [0.25, 0.3) is 10.2 Å². The molecule has 86 valence electrons. The van der Waals surface area contributed by atoms with Crippen molar-refractivity contribution in [2.24, 2.45) is 0 Å². The van der Waals surface area contributed by atoms with Crippen molar-refractivity contribution < 1.29 is 4.39 Å². The highest BCUT2D eigenvalue weighted by molar-refractivity contribution is 7.22. The summed E-state index contributed by atoms with van der Waals surface area (Å²) in [6.45, 7) is 4.29. The lowest BCUT2D eigenvalue weighted by Crippen LogP contribution is -2.13. The molecule has 1 unspecified atom stereocenters. The Bertz CT molecular complexity index is 481. The Labute approximate surface area is 98.5 Å². The number of benzene rings is 1. The molecule has 0 amide bonds. The van der Waals surface area contributed by atoms with Crippen molar-refractivity contribution in [2.45, 2.75) is 32.7 Å². The van der Waals surface area contributed by atoms with Gasteiger partial charge in [-0.05, 0) is 31.5 Å². The van der Waals surface area contributed by atoms with Gasteiger partial charge in [0.1, 0.15) is 5.82 Å². The van der Waals surface area contributed by atoms with Crippen LogP contribution in [0.3, 0.4) is 0 Å². The van der Waals surface area contributed by atoms with Crippen LogP contribution in [0.5, 0.6) is 0 Å². The first-order valence-electron chi connectivity index (χ1n) is 5.51. The van der Waals surface area contributed by atoms with Crippen LogP contribution in [-0.2, 0) is 0 Å². The summed E-state index contributed by atoms with van der Waals surface area (Å²) in [5.41, 5.74) is 0.859. The fourth-order valence-electron chi connectivity index (χ4n) is 1.68. The molecule has 0 saturated carbocycles. The number of nitrogens with one attached hydrogen (secondary N) is 1. The third kappa shape index (κ3) is 2.50. The summed E-state index contributed by atoms with van der Waals surface area (Å²) in [6, 6.07) is 5.11. The van der Waals surface area contributed by atoms with E-state index in [0.717, 1.165) is 28.2 Å². The van der Waals surface area contributed by atoms with Gasteiger partial charge in [-0.15, -0.1) is 0 Å². The van der Waals surface area contributed by atoms with E-state index in [0.29, 0.717) is 6.04 Å². The van der Waals surface area contributed by atoms with Crippen LogP contribution in [-0.4, -0.2) is 11.0 Å². The Hall–Kier alpha value is -1.16. The average Bonchev–Trinajstić information content (AvgIpc) is 2.59. The molecule has 2 aromatic rings. The van der Waals surface area contributed by atoms with E-state index in [-0.39, 0.29) is 5.82 Å². The van der Waals surface area contributed by atoms with Crippen molar-refractivity contribution in [3.05, 3.63) is 24.0 Å². The molecule has 1 aromatic heterocycles. The van der Waals surface area contributed by atoms with Gasteiger partial charge in [-0.2, -0.15) is 0 Å². The second kappa shape index (κ2) is 4.78. The number of nitrogens with zero attached hydrogens (tertiary/aromatic N) is 1. The van der Waals surface area contributed by atoms with Crippen molar-refractivity contribution in [2.75, 3.05) is 5.32 Å². The number of aromatic nitrogens is 1. The van der Waals surface area contributed by atoms with Gasteiger partial charge in [0.2, 0.25) is 0 Å². The number of thiazole rings is 1. The fraction of sp³-hybridized carbons (Fsp3) is 0.417. The minimum atomic E-state index is -0.204. The molecule has 1 N–H and O–H groups in total. The summed E-state index contributed by atoms with van der Waals surface area (Å²) in [5.74, 6) is -0.204. The van der Waals surface area contributed by atoms with Gasteiger partial charge in [0.05, 0.1) is 10.2 Å². The van der Waals surface area contributed by atoms with Gasteiger partial charge in [0, 0.05) is 6.04 Å². The summed E-state index contributed by atoms with van der Waals surface area (Å²) < 4.78 is 13.9. The second-order valence-corrected chi connectivity index (χ2v) is 5.00. The maximum atomic E-state index is 13.0. The summed E-state index contributed by atoms with van der Waals surface area (Å²) in [7, 11) is 0. The zero-order chi connectivity index (χ0) is 11.5. The van der Waals surface area contributed by atoms with Crippen LogP contribution in [0.2, 0.25) is 0 Å². The molecule has 2 nitrogen and oxygen atoms in total. The van der Waals surface area contributed by atoms with Crippen LogP contribution in [0.15, 0.2) is 18.2 Å². The molecular formula is C12H15FN2S. The normalized spacial score (nSPS) is 12.9. The van der Waals surface area contributed by atoms with Gasteiger partial charge in [-0.1, -0.05) is 24.7 Å². The lowest BCUT2D eigenvalue weighted by atomic mass is 10.2. The highest BCUT2D eigenvalue weighted by Crippen LogP contribution is 2.27. The molecule has 1 aromatic carbocycles. The Morgan fingerprint density at radius 1 is 1.50 bits per heavy atom. The van der Waals surface area contributed by atoms with Crippen molar-refractivity contribution >= 4 is 26.7 Å². The van der Waals surface area contributed by atoms with Crippen LogP contribution in [0.1, 0.15) is 26.7 Å². The topological polar surface area (TPSA) is 24.9 Å². The van der Waals surface area contributed by atoms with E-state index in [1.807, 2.05) is 0 Å². The molecule has 0 bridgehead atoms. The average molecular weight is 238 g/mol. The zero-order valence-corrected chi connectivity index (χ0v) is 10.3. The van der Waals surface area contributed by atoms with E-state index in [1.165, 1.54) is 23.5 Å². The summed E-state index contributed by atoms with van der Waals surface area (Å²) in [6.07, 6.45) is 2.26. The maximum Gasteiger partial charge on any atom is 0.184 e. The molecule has 16 heavy (non-hydrogen) atoms.